The normalized spacial score (nSPS) is 18.1. The summed E-state index contributed by atoms with van der Waals surface area (Å²) in [5.41, 5.74) is 6.94. The summed E-state index contributed by atoms with van der Waals surface area (Å²) >= 11 is 1.71. The Kier molecular flexibility index (Phi) is 4.39. The van der Waals surface area contributed by atoms with Crippen molar-refractivity contribution in [1.82, 2.24) is 4.90 Å². The largest absolute Gasteiger partial charge is 0.409 e. The summed E-state index contributed by atoms with van der Waals surface area (Å²) in [7, 11) is 0. The van der Waals surface area contributed by atoms with Crippen molar-refractivity contribution in [3.05, 3.63) is 22.4 Å². The molecule has 0 bridgehead atoms. The van der Waals surface area contributed by atoms with Gasteiger partial charge in [0.05, 0.1) is 6.54 Å². The molecule has 94 valence electrons. The Bertz CT molecular complexity index is 358. The minimum atomic E-state index is 0.298. The van der Waals surface area contributed by atoms with Gasteiger partial charge in [0.15, 0.2) is 5.84 Å². The van der Waals surface area contributed by atoms with E-state index in [-0.39, 0.29) is 0 Å². The number of rotatable bonds is 5. The molecule has 1 saturated carbocycles. The third-order valence-corrected chi connectivity index (χ3v) is 4.03. The van der Waals surface area contributed by atoms with Crippen LogP contribution in [0.4, 0.5) is 0 Å². The SMILES string of the molecule is NC(CN(Cc1ccsc1)C1CCCC1)=NO. The maximum Gasteiger partial charge on any atom is 0.153 e. The molecule has 0 aliphatic heterocycles. The zero-order valence-electron chi connectivity index (χ0n) is 9.88. The van der Waals surface area contributed by atoms with E-state index in [1.54, 1.807) is 11.3 Å². The molecule has 1 aromatic rings. The first-order chi connectivity index (χ1) is 8.29. The van der Waals surface area contributed by atoms with Crippen LogP contribution in [0.3, 0.4) is 0 Å². The predicted octanol–water partition coefficient (Wildman–Crippen LogP) is 2.24. The van der Waals surface area contributed by atoms with Crippen LogP contribution in [0.25, 0.3) is 0 Å². The van der Waals surface area contributed by atoms with Gasteiger partial charge in [-0.1, -0.05) is 18.0 Å². The quantitative estimate of drug-likeness (QED) is 0.366. The summed E-state index contributed by atoms with van der Waals surface area (Å²) in [5.74, 6) is 0.298. The molecular formula is C12H19N3OS. The topological polar surface area (TPSA) is 61.8 Å². The van der Waals surface area contributed by atoms with Crippen LogP contribution in [0.15, 0.2) is 22.0 Å². The Labute approximate surface area is 106 Å². The van der Waals surface area contributed by atoms with Crippen molar-refractivity contribution in [3.63, 3.8) is 0 Å². The van der Waals surface area contributed by atoms with Crippen LogP contribution >= 0.6 is 11.3 Å². The zero-order chi connectivity index (χ0) is 12.1. The molecule has 0 amide bonds. The molecule has 0 spiro atoms. The Hall–Kier alpha value is -1.07. The number of nitrogens with two attached hydrogens (primary N) is 1. The first-order valence-corrected chi connectivity index (χ1v) is 6.95. The minimum absolute atomic E-state index is 0.298. The lowest BCUT2D eigenvalue weighted by atomic mass is 10.2. The Morgan fingerprint density at radius 2 is 2.29 bits per heavy atom. The van der Waals surface area contributed by atoms with Crippen molar-refractivity contribution in [1.29, 1.82) is 0 Å². The van der Waals surface area contributed by atoms with Crippen molar-refractivity contribution >= 4 is 17.2 Å². The Morgan fingerprint density at radius 3 is 2.88 bits per heavy atom. The highest BCUT2D eigenvalue weighted by molar-refractivity contribution is 7.07. The third kappa shape index (κ3) is 3.44. The van der Waals surface area contributed by atoms with Crippen LogP contribution in [-0.2, 0) is 6.54 Å². The van der Waals surface area contributed by atoms with E-state index in [1.807, 2.05) is 0 Å². The van der Waals surface area contributed by atoms with Gasteiger partial charge >= 0.3 is 0 Å². The number of thiophene rings is 1. The van der Waals surface area contributed by atoms with Crippen LogP contribution in [0.5, 0.6) is 0 Å². The van der Waals surface area contributed by atoms with E-state index < -0.39 is 0 Å². The second kappa shape index (κ2) is 6.02. The second-order valence-corrected chi connectivity index (χ2v) is 5.35. The monoisotopic (exact) mass is 253 g/mol. The summed E-state index contributed by atoms with van der Waals surface area (Å²) in [6, 6.07) is 2.72. The fourth-order valence-corrected chi connectivity index (χ4v) is 3.10. The van der Waals surface area contributed by atoms with Gasteiger partial charge in [-0.05, 0) is 35.2 Å². The predicted molar refractivity (Wildman–Crippen MR) is 70.4 cm³/mol. The van der Waals surface area contributed by atoms with E-state index >= 15 is 0 Å². The lowest BCUT2D eigenvalue weighted by Crippen LogP contribution is -2.39. The molecule has 1 aliphatic carbocycles. The fourth-order valence-electron chi connectivity index (χ4n) is 2.44. The fraction of sp³-hybridized carbons (Fsp3) is 0.583. The molecule has 0 radical (unpaired) electrons. The molecule has 1 aromatic heterocycles. The van der Waals surface area contributed by atoms with Gasteiger partial charge in [0.25, 0.3) is 0 Å². The standard InChI is InChI=1S/C12H19N3OS/c13-12(14-16)8-15(11-3-1-2-4-11)7-10-5-6-17-9-10/h5-6,9,11,16H,1-4,7-8H2,(H2,13,14). The van der Waals surface area contributed by atoms with Crippen molar-refractivity contribution in [2.24, 2.45) is 10.9 Å². The van der Waals surface area contributed by atoms with Crippen molar-refractivity contribution < 1.29 is 5.21 Å². The highest BCUT2D eigenvalue weighted by atomic mass is 32.1. The van der Waals surface area contributed by atoms with E-state index in [0.717, 1.165) is 6.54 Å². The summed E-state index contributed by atoms with van der Waals surface area (Å²) in [6.45, 7) is 1.45. The Balaban J connectivity index is 2.00. The van der Waals surface area contributed by atoms with E-state index in [2.05, 4.69) is 26.9 Å². The van der Waals surface area contributed by atoms with Crippen molar-refractivity contribution in [2.45, 2.75) is 38.3 Å². The van der Waals surface area contributed by atoms with E-state index in [1.165, 1.54) is 31.2 Å². The average molecular weight is 253 g/mol. The highest BCUT2D eigenvalue weighted by Crippen LogP contribution is 2.25. The van der Waals surface area contributed by atoms with Crippen LogP contribution < -0.4 is 5.73 Å². The minimum Gasteiger partial charge on any atom is -0.409 e. The van der Waals surface area contributed by atoms with Crippen LogP contribution in [0, 0.1) is 0 Å². The number of hydrogen-bond acceptors (Lipinski definition) is 4. The summed E-state index contributed by atoms with van der Waals surface area (Å²) in [6.07, 6.45) is 5.04. The first kappa shape index (κ1) is 12.4. The number of amidine groups is 1. The maximum atomic E-state index is 8.69. The maximum absolute atomic E-state index is 8.69. The second-order valence-electron chi connectivity index (χ2n) is 4.57. The zero-order valence-corrected chi connectivity index (χ0v) is 10.7. The molecule has 5 heteroatoms. The van der Waals surface area contributed by atoms with Gasteiger partial charge in [0.1, 0.15) is 0 Å². The molecule has 4 nitrogen and oxygen atoms in total. The molecule has 1 heterocycles. The van der Waals surface area contributed by atoms with Gasteiger partial charge in [-0.25, -0.2) is 0 Å². The molecule has 2 rings (SSSR count). The van der Waals surface area contributed by atoms with Crippen LogP contribution in [-0.4, -0.2) is 28.5 Å². The molecule has 1 fully saturated rings. The van der Waals surface area contributed by atoms with E-state index in [4.69, 9.17) is 10.9 Å². The highest BCUT2D eigenvalue weighted by Gasteiger charge is 2.23. The van der Waals surface area contributed by atoms with Crippen LogP contribution in [0.2, 0.25) is 0 Å². The summed E-state index contributed by atoms with van der Waals surface area (Å²) in [4.78, 5) is 2.32. The van der Waals surface area contributed by atoms with Crippen molar-refractivity contribution in [2.75, 3.05) is 6.54 Å². The molecule has 0 saturated heterocycles. The van der Waals surface area contributed by atoms with Crippen LogP contribution in [0.1, 0.15) is 31.2 Å². The smallest absolute Gasteiger partial charge is 0.153 e. The average Bonchev–Trinajstić information content (AvgIpc) is 3.00. The van der Waals surface area contributed by atoms with E-state index in [0.29, 0.717) is 18.4 Å². The molecule has 0 aromatic carbocycles. The molecule has 3 N–H and O–H groups in total. The van der Waals surface area contributed by atoms with Gasteiger partial charge in [-0.15, -0.1) is 0 Å². The first-order valence-electron chi connectivity index (χ1n) is 6.01. The molecule has 0 atom stereocenters. The van der Waals surface area contributed by atoms with Gasteiger partial charge in [0, 0.05) is 12.6 Å². The molecule has 1 aliphatic rings. The molecular weight excluding hydrogens is 234 g/mol. The lowest BCUT2D eigenvalue weighted by Gasteiger charge is -2.27. The summed E-state index contributed by atoms with van der Waals surface area (Å²) < 4.78 is 0. The Morgan fingerprint density at radius 1 is 1.53 bits per heavy atom. The lowest BCUT2D eigenvalue weighted by molar-refractivity contribution is 0.214. The van der Waals surface area contributed by atoms with Gasteiger partial charge in [0.2, 0.25) is 0 Å². The number of nitrogens with zero attached hydrogens (tertiary/aromatic N) is 2. The van der Waals surface area contributed by atoms with Gasteiger partial charge < -0.3 is 10.9 Å². The number of oxime groups is 1. The number of hydrogen-bond donors (Lipinski definition) is 2. The molecule has 17 heavy (non-hydrogen) atoms. The molecule has 0 unspecified atom stereocenters. The van der Waals surface area contributed by atoms with Gasteiger partial charge in [-0.2, -0.15) is 11.3 Å². The summed E-state index contributed by atoms with van der Waals surface area (Å²) in [5, 5.41) is 16.0. The third-order valence-electron chi connectivity index (χ3n) is 3.30. The van der Waals surface area contributed by atoms with E-state index in [9.17, 15) is 0 Å². The van der Waals surface area contributed by atoms with Crippen molar-refractivity contribution in [3.8, 4) is 0 Å². The van der Waals surface area contributed by atoms with Gasteiger partial charge in [-0.3, -0.25) is 4.90 Å².